The number of benzene rings is 2. The second kappa shape index (κ2) is 7.84. The first kappa shape index (κ1) is 19.1. The maximum absolute atomic E-state index is 4.76. The maximum atomic E-state index is 4.76. The van der Waals surface area contributed by atoms with E-state index < -0.39 is 0 Å². The molecule has 0 fully saturated rings. The van der Waals surface area contributed by atoms with Crippen LogP contribution in [-0.4, -0.2) is 21.5 Å². The third-order valence-corrected chi connectivity index (χ3v) is 7.19. The average molecular weight is 435 g/mol. The van der Waals surface area contributed by atoms with Crippen molar-refractivity contribution < 1.29 is 0 Å². The molecule has 0 radical (unpaired) electrons. The Labute approximate surface area is 191 Å². The van der Waals surface area contributed by atoms with Gasteiger partial charge in [-0.05, 0) is 48.1 Å². The van der Waals surface area contributed by atoms with Gasteiger partial charge in [-0.1, -0.05) is 42.5 Å². The third-order valence-electron chi connectivity index (χ3n) is 6.02. The van der Waals surface area contributed by atoms with Gasteiger partial charge < -0.3 is 4.90 Å². The van der Waals surface area contributed by atoms with Gasteiger partial charge in [0.25, 0.3) is 0 Å². The molecule has 4 heterocycles. The normalized spacial score (nSPS) is 13.3. The summed E-state index contributed by atoms with van der Waals surface area (Å²) in [6.45, 7) is 3.81. The molecule has 1 aliphatic heterocycles. The van der Waals surface area contributed by atoms with Crippen molar-refractivity contribution in [3.05, 3.63) is 96.1 Å². The molecule has 0 saturated heterocycles. The SMILES string of the molecule is Cc1nc(-c2cncc(-c3cc4ccccc4s3)c2)cc(N2CCc3ccccc3C2)n1. The van der Waals surface area contributed by atoms with Gasteiger partial charge in [0.2, 0.25) is 0 Å². The Morgan fingerprint density at radius 1 is 0.844 bits per heavy atom. The summed E-state index contributed by atoms with van der Waals surface area (Å²) in [5, 5.41) is 1.27. The van der Waals surface area contributed by atoms with Crippen LogP contribution in [0, 0.1) is 6.92 Å². The first-order valence-electron chi connectivity index (χ1n) is 10.8. The molecular weight excluding hydrogens is 412 g/mol. The fraction of sp³-hybridized carbons (Fsp3) is 0.148. The maximum Gasteiger partial charge on any atom is 0.133 e. The zero-order valence-electron chi connectivity index (χ0n) is 17.8. The van der Waals surface area contributed by atoms with Crippen LogP contribution >= 0.6 is 11.3 Å². The molecule has 0 amide bonds. The summed E-state index contributed by atoms with van der Waals surface area (Å²) >= 11 is 1.80. The number of nitrogens with zero attached hydrogens (tertiary/aromatic N) is 4. The minimum Gasteiger partial charge on any atom is -0.352 e. The average Bonchev–Trinajstić information content (AvgIpc) is 3.28. The molecule has 3 aromatic heterocycles. The molecule has 156 valence electrons. The van der Waals surface area contributed by atoms with Crippen LogP contribution in [0.15, 0.2) is 79.1 Å². The second-order valence-electron chi connectivity index (χ2n) is 8.21. The van der Waals surface area contributed by atoms with E-state index in [1.165, 1.54) is 26.1 Å². The van der Waals surface area contributed by atoms with Crippen LogP contribution < -0.4 is 4.90 Å². The summed E-state index contributed by atoms with van der Waals surface area (Å²) in [4.78, 5) is 17.6. The van der Waals surface area contributed by atoms with Crippen molar-refractivity contribution in [2.45, 2.75) is 19.9 Å². The zero-order chi connectivity index (χ0) is 21.5. The van der Waals surface area contributed by atoms with E-state index in [1.54, 1.807) is 11.3 Å². The smallest absolute Gasteiger partial charge is 0.133 e. The first-order chi connectivity index (χ1) is 15.7. The fourth-order valence-electron chi connectivity index (χ4n) is 4.39. The van der Waals surface area contributed by atoms with Crippen molar-refractivity contribution in [3.63, 3.8) is 0 Å². The van der Waals surface area contributed by atoms with Crippen molar-refractivity contribution in [1.82, 2.24) is 15.0 Å². The van der Waals surface area contributed by atoms with Gasteiger partial charge in [-0.2, -0.15) is 0 Å². The summed E-state index contributed by atoms with van der Waals surface area (Å²) in [6, 6.07) is 23.7. The number of aryl methyl sites for hydroxylation is 1. The largest absolute Gasteiger partial charge is 0.352 e. The van der Waals surface area contributed by atoms with E-state index in [0.717, 1.165) is 48.0 Å². The number of pyridine rings is 1. The number of thiophene rings is 1. The molecule has 2 aromatic carbocycles. The van der Waals surface area contributed by atoms with Crippen LogP contribution in [0.3, 0.4) is 0 Å². The van der Waals surface area contributed by atoms with Crippen LogP contribution in [-0.2, 0) is 13.0 Å². The Balaban J connectivity index is 1.35. The summed E-state index contributed by atoms with van der Waals surface area (Å²) in [6.07, 6.45) is 4.87. The predicted octanol–water partition coefficient (Wildman–Crippen LogP) is 6.29. The van der Waals surface area contributed by atoms with Gasteiger partial charge in [0.05, 0.1) is 5.69 Å². The van der Waals surface area contributed by atoms with Gasteiger partial charge in [0.15, 0.2) is 0 Å². The molecule has 0 atom stereocenters. The topological polar surface area (TPSA) is 41.9 Å². The third kappa shape index (κ3) is 3.55. The minimum atomic E-state index is 0.781. The lowest BCUT2D eigenvalue weighted by Gasteiger charge is -2.30. The van der Waals surface area contributed by atoms with Crippen molar-refractivity contribution in [1.29, 1.82) is 0 Å². The summed E-state index contributed by atoms with van der Waals surface area (Å²) in [5.74, 6) is 1.76. The molecule has 5 heteroatoms. The van der Waals surface area contributed by atoms with E-state index in [9.17, 15) is 0 Å². The van der Waals surface area contributed by atoms with E-state index >= 15 is 0 Å². The Bertz CT molecular complexity index is 1410. The van der Waals surface area contributed by atoms with Crippen molar-refractivity contribution in [3.8, 4) is 21.7 Å². The number of anilines is 1. The van der Waals surface area contributed by atoms with Gasteiger partial charge in [-0.3, -0.25) is 4.98 Å². The Morgan fingerprint density at radius 3 is 2.56 bits per heavy atom. The van der Waals surface area contributed by atoms with Crippen LogP contribution in [0.1, 0.15) is 17.0 Å². The lowest BCUT2D eigenvalue weighted by Crippen LogP contribution is -2.31. The Kier molecular flexibility index (Phi) is 4.69. The molecule has 6 rings (SSSR count). The predicted molar refractivity (Wildman–Crippen MR) is 132 cm³/mol. The molecule has 32 heavy (non-hydrogen) atoms. The highest BCUT2D eigenvalue weighted by Gasteiger charge is 2.18. The summed E-state index contributed by atoms with van der Waals surface area (Å²) < 4.78 is 1.29. The highest BCUT2D eigenvalue weighted by Crippen LogP contribution is 2.35. The highest BCUT2D eigenvalue weighted by atomic mass is 32.1. The van der Waals surface area contributed by atoms with Gasteiger partial charge in [0, 0.05) is 52.3 Å². The number of rotatable bonds is 3. The molecule has 0 unspecified atom stereocenters. The molecule has 0 aliphatic carbocycles. The van der Waals surface area contributed by atoms with E-state index in [0.29, 0.717) is 0 Å². The second-order valence-corrected chi connectivity index (χ2v) is 9.29. The Morgan fingerprint density at radius 2 is 1.66 bits per heavy atom. The van der Waals surface area contributed by atoms with Crippen LogP contribution in [0.25, 0.3) is 31.8 Å². The quantitative estimate of drug-likeness (QED) is 0.335. The highest BCUT2D eigenvalue weighted by molar-refractivity contribution is 7.22. The number of hydrogen-bond donors (Lipinski definition) is 0. The van der Waals surface area contributed by atoms with E-state index in [1.807, 2.05) is 19.3 Å². The molecular formula is C27H22N4S. The number of fused-ring (bicyclic) bond motifs is 2. The number of aromatic nitrogens is 3. The van der Waals surface area contributed by atoms with Crippen LogP contribution in [0.2, 0.25) is 0 Å². The fourth-order valence-corrected chi connectivity index (χ4v) is 5.44. The molecule has 5 aromatic rings. The zero-order valence-corrected chi connectivity index (χ0v) is 18.6. The molecule has 1 aliphatic rings. The van der Waals surface area contributed by atoms with E-state index in [4.69, 9.17) is 9.97 Å². The Hall–Kier alpha value is -3.57. The van der Waals surface area contributed by atoms with Crippen LogP contribution in [0.4, 0.5) is 5.82 Å². The van der Waals surface area contributed by atoms with Gasteiger partial charge >= 0.3 is 0 Å². The lowest BCUT2D eigenvalue weighted by atomic mass is 10.00. The molecule has 0 saturated carbocycles. The number of hydrogen-bond acceptors (Lipinski definition) is 5. The molecule has 0 N–H and O–H groups in total. The molecule has 0 bridgehead atoms. The summed E-state index contributed by atoms with van der Waals surface area (Å²) in [5.41, 5.74) is 5.87. The first-order valence-corrected chi connectivity index (χ1v) is 11.7. The van der Waals surface area contributed by atoms with Crippen molar-refractivity contribution in [2.24, 2.45) is 0 Å². The van der Waals surface area contributed by atoms with Gasteiger partial charge in [0.1, 0.15) is 11.6 Å². The van der Waals surface area contributed by atoms with E-state index in [2.05, 4.69) is 76.6 Å². The summed E-state index contributed by atoms with van der Waals surface area (Å²) in [7, 11) is 0. The standard InChI is InChI=1S/C27H22N4S/c1-18-29-24(14-27(30-18)31-11-10-19-6-2-3-8-21(19)17-31)22-12-23(16-28-15-22)26-13-20-7-4-5-9-25(20)32-26/h2-9,12-16H,10-11,17H2,1H3. The monoisotopic (exact) mass is 434 g/mol. The minimum absolute atomic E-state index is 0.781. The van der Waals surface area contributed by atoms with Crippen molar-refractivity contribution in [2.75, 3.05) is 11.4 Å². The van der Waals surface area contributed by atoms with Gasteiger partial charge in [-0.25, -0.2) is 9.97 Å². The van der Waals surface area contributed by atoms with Gasteiger partial charge in [-0.15, -0.1) is 11.3 Å². The molecule has 0 spiro atoms. The van der Waals surface area contributed by atoms with E-state index in [-0.39, 0.29) is 0 Å². The van der Waals surface area contributed by atoms with Crippen molar-refractivity contribution >= 4 is 27.2 Å². The van der Waals surface area contributed by atoms with Crippen LogP contribution in [0.5, 0.6) is 0 Å². The molecule has 4 nitrogen and oxygen atoms in total. The lowest BCUT2D eigenvalue weighted by molar-refractivity contribution is 0.717.